The van der Waals surface area contributed by atoms with Crippen molar-refractivity contribution in [1.29, 1.82) is 0 Å². The maximum Gasteiger partial charge on any atom is 0.271 e. The number of rotatable bonds is 6. The predicted octanol–water partition coefficient (Wildman–Crippen LogP) is 1.73. The van der Waals surface area contributed by atoms with Crippen molar-refractivity contribution >= 4 is 45.4 Å². The summed E-state index contributed by atoms with van der Waals surface area (Å²) in [6.45, 7) is 8.87. The maximum absolute atomic E-state index is 12.8. The summed E-state index contributed by atoms with van der Waals surface area (Å²) in [5, 5.41) is 9.55. The second-order valence-corrected chi connectivity index (χ2v) is 9.21. The Morgan fingerprint density at radius 1 is 1.39 bits per heavy atom. The average molecular weight is 470 g/mol. The first kappa shape index (κ1) is 20.9. The quantitative estimate of drug-likeness (QED) is 0.618. The first-order valence-corrected chi connectivity index (χ1v) is 11.0. The van der Waals surface area contributed by atoms with E-state index < -0.39 is 6.04 Å². The van der Waals surface area contributed by atoms with E-state index in [1.165, 1.54) is 4.90 Å². The minimum absolute atomic E-state index is 0.235. The molecule has 1 aromatic heterocycles. The fourth-order valence-electron chi connectivity index (χ4n) is 3.21. The lowest BCUT2D eigenvalue weighted by molar-refractivity contribution is -0.145. The zero-order chi connectivity index (χ0) is 20.6. The maximum atomic E-state index is 12.8. The molecule has 152 valence electrons. The van der Waals surface area contributed by atoms with Crippen molar-refractivity contribution < 1.29 is 14.4 Å². The van der Waals surface area contributed by atoms with Crippen LogP contribution in [0, 0.1) is 5.92 Å². The van der Waals surface area contributed by atoms with Crippen molar-refractivity contribution in [3.8, 4) is 0 Å². The molecule has 10 heteroatoms. The van der Waals surface area contributed by atoms with Crippen LogP contribution in [0.3, 0.4) is 0 Å². The molecular weight excluding hydrogens is 446 g/mol. The molecule has 1 saturated heterocycles. The summed E-state index contributed by atoms with van der Waals surface area (Å²) >= 11 is 4.88. The van der Waals surface area contributed by atoms with Gasteiger partial charge in [-0.1, -0.05) is 13.8 Å². The smallest absolute Gasteiger partial charge is 0.271 e. The van der Waals surface area contributed by atoms with Gasteiger partial charge in [0.2, 0.25) is 0 Å². The number of hydrogen-bond acceptors (Lipinski definition) is 5. The zero-order valence-corrected chi connectivity index (χ0v) is 18.7. The van der Waals surface area contributed by atoms with E-state index in [9.17, 15) is 14.4 Å². The van der Waals surface area contributed by atoms with E-state index in [0.29, 0.717) is 40.6 Å². The highest BCUT2D eigenvalue weighted by Crippen LogP contribution is 2.40. The molecule has 1 aromatic rings. The summed E-state index contributed by atoms with van der Waals surface area (Å²) < 4.78 is 2.15. The van der Waals surface area contributed by atoms with Gasteiger partial charge in [0.1, 0.15) is 22.8 Å². The normalized spacial score (nSPS) is 21.5. The average Bonchev–Trinajstić information content (AvgIpc) is 3.04. The Morgan fingerprint density at radius 3 is 2.75 bits per heavy atom. The van der Waals surface area contributed by atoms with Crippen LogP contribution in [0.15, 0.2) is 21.9 Å². The minimum atomic E-state index is -0.661. The summed E-state index contributed by atoms with van der Waals surface area (Å²) in [6.07, 6.45) is 1.56. The number of fused-ring (bicyclic) bond motifs is 1. The Balaban J connectivity index is 1.74. The highest BCUT2D eigenvalue weighted by molar-refractivity contribution is 9.10. The molecule has 0 bridgehead atoms. The van der Waals surface area contributed by atoms with Crippen LogP contribution in [-0.2, 0) is 16.1 Å². The SMILES string of the molecule is CCn1ncc(Br)c1C(=O)N[C@H]1C(=O)N2C(C(=O)NCC(C)C)=C(C)CS[C@H]12. The minimum Gasteiger partial charge on any atom is -0.351 e. The standard InChI is InChI=1S/C18H24BrN5O3S/c1-5-23-14(11(19)7-21-23)16(26)22-12-17(27)24-13(10(4)8-28-18(12)24)15(25)20-6-9(2)3/h7,9,12,18H,5-6,8H2,1-4H3,(H,20,25)(H,22,26)/t12-,18+/m0/s1. The number of aryl methyl sites for hydroxylation is 1. The number of carbonyl (C=O) groups excluding carboxylic acids is 3. The summed E-state index contributed by atoms with van der Waals surface area (Å²) in [4.78, 5) is 39.6. The van der Waals surface area contributed by atoms with Crippen molar-refractivity contribution in [3.05, 3.63) is 27.6 Å². The summed E-state index contributed by atoms with van der Waals surface area (Å²) in [6, 6.07) is -0.661. The molecule has 2 aliphatic rings. The van der Waals surface area contributed by atoms with Gasteiger partial charge in [0.15, 0.2) is 0 Å². The Bertz CT molecular complexity index is 850. The number of aromatic nitrogens is 2. The topological polar surface area (TPSA) is 96.3 Å². The number of carbonyl (C=O) groups is 3. The molecule has 3 rings (SSSR count). The van der Waals surface area contributed by atoms with Crippen LogP contribution >= 0.6 is 27.7 Å². The van der Waals surface area contributed by atoms with Gasteiger partial charge in [-0.15, -0.1) is 11.8 Å². The van der Waals surface area contributed by atoms with Crippen LogP contribution in [0.2, 0.25) is 0 Å². The van der Waals surface area contributed by atoms with Gasteiger partial charge in [-0.3, -0.25) is 24.0 Å². The van der Waals surface area contributed by atoms with E-state index in [0.717, 1.165) is 5.57 Å². The number of hydrogen-bond donors (Lipinski definition) is 2. The predicted molar refractivity (Wildman–Crippen MR) is 110 cm³/mol. The Labute approximate surface area is 176 Å². The highest BCUT2D eigenvalue weighted by Gasteiger charge is 2.53. The van der Waals surface area contributed by atoms with Gasteiger partial charge in [-0.25, -0.2) is 0 Å². The van der Waals surface area contributed by atoms with Gasteiger partial charge in [-0.2, -0.15) is 5.10 Å². The van der Waals surface area contributed by atoms with E-state index in [-0.39, 0.29) is 23.1 Å². The third-order valence-electron chi connectivity index (χ3n) is 4.64. The molecule has 0 unspecified atom stereocenters. The highest BCUT2D eigenvalue weighted by atomic mass is 79.9. The second kappa shape index (κ2) is 8.28. The van der Waals surface area contributed by atoms with E-state index in [4.69, 9.17) is 0 Å². The summed E-state index contributed by atoms with van der Waals surface area (Å²) in [7, 11) is 0. The summed E-state index contributed by atoms with van der Waals surface area (Å²) in [5.74, 6) is 0.100. The molecule has 0 spiro atoms. The molecule has 3 heterocycles. The van der Waals surface area contributed by atoms with E-state index in [1.54, 1.807) is 22.6 Å². The van der Waals surface area contributed by atoms with E-state index in [1.807, 2.05) is 27.7 Å². The largest absolute Gasteiger partial charge is 0.351 e. The number of thioether (sulfide) groups is 1. The van der Waals surface area contributed by atoms with E-state index >= 15 is 0 Å². The molecule has 0 aliphatic carbocycles. The summed E-state index contributed by atoms with van der Waals surface area (Å²) in [5.41, 5.74) is 1.67. The van der Waals surface area contributed by atoms with Crippen LogP contribution in [-0.4, -0.2) is 56.1 Å². The van der Waals surface area contributed by atoms with Crippen molar-refractivity contribution in [1.82, 2.24) is 25.3 Å². The molecule has 28 heavy (non-hydrogen) atoms. The molecule has 2 N–H and O–H groups in total. The van der Waals surface area contributed by atoms with Crippen molar-refractivity contribution in [2.45, 2.75) is 45.7 Å². The monoisotopic (exact) mass is 469 g/mol. The molecule has 8 nitrogen and oxygen atoms in total. The van der Waals surface area contributed by atoms with E-state index in [2.05, 4.69) is 31.7 Å². The lowest BCUT2D eigenvalue weighted by atomic mass is 10.0. The molecule has 1 fully saturated rings. The van der Waals surface area contributed by atoms with Gasteiger partial charge in [0.05, 0.1) is 10.7 Å². The van der Waals surface area contributed by atoms with Crippen LogP contribution in [0.25, 0.3) is 0 Å². The number of nitrogens with one attached hydrogen (secondary N) is 2. The molecule has 0 saturated carbocycles. The number of nitrogens with zero attached hydrogens (tertiary/aromatic N) is 3. The Kier molecular flexibility index (Phi) is 6.18. The third-order valence-corrected chi connectivity index (χ3v) is 6.65. The van der Waals surface area contributed by atoms with Gasteiger partial charge >= 0.3 is 0 Å². The molecule has 2 aliphatic heterocycles. The first-order valence-electron chi connectivity index (χ1n) is 9.21. The lowest BCUT2D eigenvalue weighted by Gasteiger charge is -2.49. The lowest BCUT2D eigenvalue weighted by Crippen LogP contribution is -2.71. The van der Waals surface area contributed by atoms with Crippen LogP contribution in [0.5, 0.6) is 0 Å². The van der Waals surface area contributed by atoms with Crippen LogP contribution in [0.4, 0.5) is 0 Å². The van der Waals surface area contributed by atoms with Crippen LogP contribution in [0.1, 0.15) is 38.2 Å². The van der Waals surface area contributed by atoms with Crippen molar-refractivity contribution in [2.24, 2.45) is 5.92 Å². The van der Waals surface area contributed by atoms with Crippen molar-refractivity contribution in [3.63, 3.8) is 0 Å². The van der Waals surface area contributed by atoms with Crippen LogP contribution < -0.4 is 10.6 Å². The first-order chi connectivity index (χ1) is 13.3. The zero-order valence-electron chi connectivity index (χ0n) is 16.3. The number of amides is 3. The fourth-order valence-corrected chi connectivity index (χ4v) is 4.98. The molecule has 0 aromatic carbocycles. The molecule has 0 radical (unpaired) electrons. The molecule has 2 atom stereocenters. The third kappa shape index (κ3) is 3.71. The van der Waals surface area contributed by atoms with Gasteiger partial charge in [0.25, 0.3) is 17.7 Å². The van der Waals surface area contributed by atoms with Crippen molar-refractivity contribution in [2.75, 3.05) is 12.3 Å². The van der Waals surface area contributed by atoms with Gasteiger partial charge < -0.3 is 10.6 Å². The van der Waals surface area contributed by atoms with Gasteiger partial charge in [-0.05, 0) is 41.3 Å². The second-order valence-electron chi connectivity index (χ2n) is 7.25. The Morgan fingerprint density at radius 2 is 2.11 bits per heavy atom. The van der Waals surface area contributed by atoms with Gasteiger partial charge in [0, 0.05) is 18.8 Å². The molecular formula is C18H24BrN5O3S. The molecule has 3 amide bonds. The fraction of sp³-hybridized carbons (Fsp3) is 0.556. The Hall–Kier alpha value is -1.81. The number of halogens is 1. The number of β-lactam (4-membered cyclic amide) rings is 1.